The second-order valence-electron chi connectivity index (χ2n) is 5.52. The van der Waals surface area contributed by atoms with Gasteiger partial charge in [-0.3, -0.25) is 9.59 Å². The number of para-hydroxylation sites is 2. The zero-order chi connectivity index (χ0) is 16.7. The van der Waals surface area contributed by atoms with Gasteiger partial charge in [0.05, 0.1) is 16.6 Å². The molecule has 0 saturated carbocycles. The Labute approximate surface area is 136 Å². The van der Waals surface area contributed by atoms with E-state index < -0.39 is 17.8 Å². The number of hydroxylamine groups is 2. The first kappa shape index (κ1) is 14.3. The van der Waals surface area contributed by atoms with Crippen LogP contribution in [0.15, 0.2) is 48.5 Å². The van der Waals surface area contributed by atoms with E-state index in [1.54, 1.807) is 12.1 Å². The molecule has 0 N–H and O–H groups in total. The van der Waals surface area contributed by atoms with Gasteiger partial charge in [0, 0.05) is 23.6 Å². The van der Waals surface area contributed by atoms with E-state index in [0.717, 1.165) is 16.3 Å². The number of aromatic nitrogens is 1. The minimum absolute atomic E-state index is 0.0601. The van der Waals surface area contributed by atoms with E-state index >= 15 is 0 Å². The predicted molar refractivity (Wildman–Crippen MR) is 85.8 cm³/mol. The summed E-state index contributed by atoms with van der Waals surface area (Å²) < 4.78 is 0. The number of amides is 2. The highest BCUT2D eigenvalue weighted by atomic mass is 16.7. The number of benzene rings is 2. The fourth-order valence-electron chi connectivity index (χ4n) is 2.76. The van der Waals surface area contributed by atoms with Crippen LogP contribution in [-0.4, -0.2) is 27.8 Å². The molecule has 3 aromatic rings. The third-order valence-corrected chi connectivity index (χ3v) is 3.95. The summed E-state index contributed by atoms with van der Waals surface area (Å²) in [7, 11) is 0. The predicted octanol–water partition coefficient (Wildman–Crippen LogP) is 2.61. The molecule has 24 heavy (non-hydrogen) atoms. The Morgan fingerprint density at radius 1 is 0.958 bits per heavy atom. The van der Waals surface area contributed by atoms with Gasteiger partial charge in [-0.1, -0.05) is 30.3 Å². The molecule has 6 heteroatoms. The fourth-order valence-corrected chi connectivity index (χ4v) is 2.76. The summed E-state index contributed by atoms with van der Waals surface area (Å²) >= 11 is 0. The summed E-state index contributed by atoms with van der Waals surface area (Å²) in [6.07, 6.45) is 0.120. The summed E-state index contributed by atoms with van der Waals surface area (Å²) in [6.45, 7) is 0. The summed E-state index contributed by atoms with van der Waals surface area (Å²) in [5, 5.41) is 2.28. The van der Waals surface area contributed by atoms with Crippen molar-refractivity contribution < 1.29 is 19.2 Å². The summed E-state index contributed by atoms with van der Waals surface area (Å²) in [6, 6.07) is 14.6. The van der Waals surface area contributed by atoms with Crippen LogP contribution < -0.4 is 0 Å². The van der Waals surface area contributed by atoms with Gasteiger partial charge in [0.15, 0.2) is 0 Å². The first-order chi connectivity index (χ1) is 11.6. The molecule has 0 unspecified atom stereocenters. The number of hydrogen-bond acceptors (Lipinski definition) is 5. The van der Waals surface area contributed by atoms with Crippen LogP contribution in [0.25, 0.3) is 21.8 Å². The van der Waals surface area contributed by atoms with Crippen molar-refractivity contribution in [3.8, 4) is 0 Å². The molecule has 0 aliphatic carbocycles. The van der Waals surface area contributed by atoms with E-state index in [1.165, 1.54) is 0 Å². The molecule has 1 aliphatic rings. The molecule has 4 rings (SSSR count). The van der Waals surface area contributed by atoms with Crippen LogP contribution >= 0.6 is 0 Å². The van der Waals surface area contributed by atoms with E-state index in [2.05, 4.69) is 4.98 Å². The van der Waals surface area contributed by atoms with Crippen molar-refractivity contribution in [2.24, 2.45) is 0 Å². The lowest BCUT2D eigenvalue weighted by atomic mass is 10.1. The van der Waals surface area contributed by atoms with Crippen LogP contribution in [0, 0.1) is 0 Å². The highest BCUT2D eigenvalue weighted by Gasteiger charge is 2.33. The van der Waals surface area contributed by atoms with Crippen molar-refractivity contribution in [2.75, 3.05) is 0 Å². The van der Waals surface area contributed by atoms with Crippen LogP contribution in [-0.2, 0) is 14.4 Å². The second-order valence-corrected chi connectivity index (χ2v) is 5.52. The van der Waals surface area contributed by atoms with Crippen LogP contribution in [0.3, 0.4) is 0 Å². The molecule has 1 aromatic heterocycles. The molecule has 1 fully saturated rings. The van der Waals surface area contributed by atoms with E-state index in [9.17, 15) is 14.4 Å². The second kappa shape index (κ2) is 5.42. The van der Waals surface area contributed by atoms with Gasteiger partial charge in [-0.25, -0.2) is 9.78 Å². The molecule has 0 bridgehead atoms. The number of rotatable bonds is 2. The lowest BCUT2D eigenvalue weighted by Crippen LogP contribution is -2.32. The first-order valence-corrected chi connectivity index (χ1v) is 7.50. The Morgan fingerprint density at radius 2 is 1.67 bits per heavy atom. The monoisotopic (exact) mass is 320 g/mol. The summed E-state index contributed by atoms with van der Waals surface area (Å²) in [5.41, 5.74) is 1.43. The zero-order valence-corrected chi connectivity index (χ0v) is 12.6. The Hall–Kier alpha value is -3.28. The van der Waals surface area contributed by atoms with Crippen molar-refractivity contribution in [2.45, 2.75) is 12.8 Å². The highest BCUT2D eigenvalue weighted by Crippen LogP contribution is 2.23. The molecule has 1 aliphatic heterocycles. The average Bonchev–Trinajstić information content (AvgIpc) is 2.91. The Morgan fingerprint density at radius 3 is 2.46 bits per heavy atom. The van der Waals surface area contributed by atoms with Crippen LogP contribution in [0.5, 0.6) is 0 Å². The van der Waals surface area contributed by atoms with Gasteiger partial charge in [-0.15, -0.1) is 5.06 Å². The van der Waals surface area contributed by atoms with Crippen molar-refractivity contribution in [1.82, 2.24) is 10.0 Å². The number of fused-ring (bicyclic) bond motifs is 2. The maximum atomic E-state index is 12.4. The number of carbonyl (C=O) groups is 3. The normalized spacial score (nSPS) is 14.6. The third kappa shape index (κ3) is 2.28. The van der Waals surface area contributed by atoms with Crippen LogP contribution in [0.2, 0.25) is 0 Å². The SMILES string of the molecule is O=C(ON1C(=O)CCC1=O)c1cccc2cc3ccccc3nc12. The third-order valence-electron chi connectivity index (χ3n) is 3.95. The number of carbonyl (C=O) groups excluding carboxylic acids is 3. The summed E-state index contributed by atoms with van der Waals surface area (Å²) in [5.74, 6) is -1.79. The van der Waals surface area contributed by atoms with Crippen molar-refractivity contribution in [1.29, 1.82) is 0 Å². The smallest absolute Gasteiger partial charge is 0.325 e. The molecule has 2 aromatic carbocycles. The van der Waals surface area contributed by atoms with Gasteiger partial charge < -0.3 is 4.84 Å². The number of nitrogens with zero attached hydrogens (tertiary/aromatic N) is 2. The van der Waals surface area contributed by atoms with Gasteiger partial charge in [0.1, 0.15) is 0 Å². The van der Waals surface area contributed by atoms with Gasteiger partial charge in [-0.05, 0) is 18.2 Å². The summed E-state index contributed by atoms with van der Waals surface area (Å²) in [4.78, 5) is 45.2. The van der Waals surface area contributed by atoms with Gasteiger partial charge in [0.25, 0.3) is 11.8 Å². The Kier molecular flexibility index (Phi) is 3.23. The molecule has 1 saturated heterocycles. The standard InChI is InChI=1S/C18H12N2O4/c21-15-8-9-16(22)20(15)24-18(23)13-6-3-5-12-10-11-4-1-2-7-14(11)19-17(12)13/h1-7,10H,8-9H2. The van der Waals surface area contributed by atoms with E-state index in [4.69, 9.17) is 4.84 Å². The molecule has 0 spiro atoms. The minimum Gasteiger partial charge on any atom is -0.325 e. The molecule has 2 heterocycles. The van der Waals surface area contributed by atoms with Gasteiger partial charge in [-0.2, -0.15) is 0 Å². The fraction of sp³-hybridized carbons (Fsp3) is 0.111. The Balaban J connectivity index is 1.78. The van der Waals surface area contributed by atoms with E-state index in [-0.39, 0.29) is 18.4 Å². The average molecular weight is 320 g/mol. The molecule has 0 radical (unpaired) electrons. The maximum Gasteiger partial charge on any atom is 0.366 e. The Bertz CT molecular complexity index is 996. The molecule has 6 nitrogen and oxygen atoms in total. The van der Waals surface area contributed by atoms with Crippen LogP contribution in [0.4, 0.5) is 0 Å². The largest absolute Gasteiger partial charge is 0.366 e. The van der Waals surface area contributed by atoms with Gasteiger partial charge in [0.2, 0.25) is 0 Å². The van der Waals surface area contributed by atoms with E-state index in [1.807, 2.05) is 36.4 Å². The topological polar surface area (TPSA) is 76.6 Å². The van der Waals surface area contributed by atoms with Crippen molar-refractivity contribution in [3.63, 3.8) is 0 Å². The minimum atomic E-state index is -0.771. The van der Waals surface area contributed by atoms with E-state index in [0.29, 0.717) is 10.6 Å². The maximum absolute atomic E-state index is 12.4. The van der Waals surface area contributed by atoms with Crippen LogP contribution in [0.1, 0.15) is 23.2 Å². The number of imide groups is 1. The molecular weight excluding hydrogens is 308 g/mol. The molecule has 0 atom stereocenters. The first-order valence-electron chi connectivity index (χ1n) is 7.50. The lowest BCUT2D eigenvalue weighted by molar-refractivity contribution is -0.172. The molecular formula is C18H12N2O4. The number of hydrogen-bond donors (Lipinski definition) is 0. The number of pyridine rings is 1. The zero-order valence-electron chi connectivity index (χ0n) is 12.6. The highest BCUT2D eigenvalue weighted by molar-refractivity contribution is 6.07. The lowest BCUT2D eigenvalue weighted by Gasteiger charge is -2.13. The molecule has 2 amide bonds. The molecule has 118 valence electrons. The van der Waals surface area contributed by atoms with Crippen molar-refractivity contribution in [3.05, 3.63) is 54.1 Å². The van der Waals surface area contributed by atoms with Crippen molar-refractivity contribution >= 4 is 39.6 Å². The quantitative estimate of drug-likeness (QED) is 0.536. The van der Waals surface area contributed by atoms with Gasteiger partial charge >= 0.3 is 5.97 Å².